The van der Waals surface area contributed by atoms with Crippen molar-refractivity contribution in [2.75, 3.05) is 0 Å². The fourth-order valence-corrected chi connectivity index (χ4v) is 3.90. The molecule has 1 aromatic rings. The van der Waals surface area contributed by atoms with Crippen LogP contribution in [0.2, 0.25) is 0 Å². The molecule has 0 aromatic carbocycles. The van der Waals surface area contributed by atoms with Gasteiger partial charge >= 0.3 is 0 Å². The highest BCUT2D eigenvalue weighted by atomic mass is 127. The third-order valence-electron chi connectivity index (χ3n) is 4.52. The molecule has 19 heavy (non-hydrogen) atoms. The molecular formula is C15H20INO2. The predicted molar refractivity (Wildman–Crippen MR) is 83.5 cm³/mol. The second-order valence-corrected chi connectivity index (χ2v) is 7.13. The van der Waals surface area contributed by atoms with Crippen LogP contribution < -0.4 is 5.56 Å². The van der Waals surface area contributed by atoms with Crippen molar-refractivity contribution in [1.82, 2.24) is 4.57 Å². The molecular weight excluding hydrogens is 353 g/mol. The quantitative estimate of drug-likeness (QED) is 0.746. The maximum Gasteiger partial charge on any atom is 0.250 e. The molecule has 1 aliphatic heterocycles. The number of hydrogen-bond donors (Lipinski definition) is 0. The van der Waals surface area contributed by atoms with Gasteiger partial charge < -0.3 is 9.30 Å². The molecule has 0 bridgehead atoms. The summed E-state index contributed by atoms with van der Waals surface area (Å²) in [5.41, 5.74) is 1.31. The van der Waals surface area contributed by atoms with Crippen LogP contribution in [0.25, 0.3) is 0 Å². The van der Waals surface area contributed by atoms with Crippen molar-refractivity contribution in [2.24, 2.45) is 0 Å². The van der Waals surface area contributed by atoms with Crippen LogP contribution in [0.1, 0.15) is 44.1 Å². The molecule has 3 rings (SSSR count). The minimum absolute atomic E-state index is 0.0916. The zero-order valence-corrected chi connectivity index (χ0v) is 13.5. The number of hydrogen-bond acceptors (Lipinski definition) is 2. The molecule has 2 heterocycles. The Morgan fingerprint density at radius 1 is 1.42 bits per heavy atom. The van der Waals surface area contributed by atoms with Gasteiger partial charge in [-0.2, -0.15) is 0 Å². The minimum Gasteiger partial charge on any atom is -0.370 e. The fraction of sp³-hybridized carbons (Fsp3) is 0.667. The van der Waals surface area contributed by atoms with Gasteiger partial charge in [-0.1, -0.05) is 12.8 Å². The lowest BCUT2D eigenvalue weighted by Crippen LogP contribution is -2.30. The van der Waals surface area contributed by atoms with Gasteiger partial charge in [0.1, 0.15) is 0 Å². The van der Waals surface area contributed by atoms with Gasteiger partial charge in [-0.15, -0.1) is 0 Å². The van der Waals surface area contributed by atoms with E-state index in [0.717, 1.165) is 15.6 Å². The fourth-order valence-electron chi connectivity index (χ4n) is 3.41. The van der Waals surface area contributed by atoms with Crippen molar-refractivity contribution >= 4 is 22.6 Å². The van der Waals surface area contributed by atoms with E-state index in [2.05, 4.69) is 22.6 Å². The second kappa shape index (κ2) is 5.20. The molecule has 104 valence electrons. The zero-order chi connectivity index (χ0) is 13.5. The summed E-state index contributed by atoms with van der Waals surface area (Å²) in [5, 5.41) is 0. The summed E-state index contributed by atoms with van der Waals surface area (Å²) >= 11 is 2.28. The highest BCUT2D eigenvalue weighted by Gasteiger charge is 2.42. The molecule has 1 saturated carbocycles. The summed E-state index contributed by atoms with van der Waals surface area (Å²) in [5.74, 6) is 0. The van der Waals surface area contributed by atoms with Crippen LogP contribution in [-0.2, 0) is 11.3 Å². The molecule has 4 heteroatoms. The van der Waals surface area contributed by atoms with Gasteiger partial charge in [0.15, 0.2) is 0 Å². The van der Waals surface area contributed by atoms with Gasteiger partial charge in [0.25, 0.3) is 5.56 Å². The summed E-state index contributed by atoms with van der Waals surface area (Å²) in [6.07, 6.45) is 9.47. The van der Waals surface area contributed by atoms with Crippen molar-refractivity contribution in [2.45, 2.75) is 63.7 Å². The molecule has 1 spiro atoms. The number of aryl methyl sites for hydroxylation is 1. The highest BCUT2D eigenvalue weighted by molar-refractivity contribution is 14.1. The molecule has 3 nitrogen and oxygen atoms in total. The van der Waals surface area contributed by atoms with Gasteiger partial charge in [-0.05, 0) is 60.8 Å². The van der Waals surface area contributed by atoms with E-state index in [0.29, 0.717) is 6.54 Å². The van der Waals surface area contributed by atoms with E-state index in [1.807, 2.05) is 17.7 Å². The lowest BCUT2D eigenvalue weighted by molar-refractivity contribution is -0.0421. The Kier molecular flexibility index (Phi) is 3.73. The first-order valence-electron chi connectivity index (χ1n) is 7.12. The smallest absolute Gasteiger partial charge is 0.250 e. The van der Waals surface area contributed by atoms with Gasteiger partial charge in [0, 0.05) is 15.8 Å². The van der Waals surface area contributed by atoms with Crippen LogP contribution in [0.4, 0.5) is 0 Å². The number of halogens is 1. The predicted octanol–water partition coefficient (Wildman–Crippen LogP) is 3.25. The Labute approximate surface area is 127 Å². The lowest BCUT2D eigenvalue weighted by atomic mass is 9.98. The van der Waals surface area contributed by atoms with Crippen LogP contribution in [0, 0.1) is 10.5 Å². The lowest BCUT2D eigenvalue weighted by Gasteiger charge is -2.24. The van der Waals surface area contributed by atoms with Gasteiger partial charge in [0.05, 0.1) is 18.2 Å². The topological polar surface area (TPSA) is 31.2 Å². The van der Waals surface area contributed by atoms with Crippen LogP contribution in [0.15, 0.2) is 17.1 Å². The molecule has 2 aliphatic rings. The number of nitrogens with zero attached hydrogens (tertiary/aromatic N) is 1. The highest BCUT2D eigenvalue weighted by Crippen LogP contribution is 2.43. The number of aromatic nitrogens is 1. The van der Waals surface area contributed by atoms with E-state index in [4.69, 9.17) is 4.74 Å². The van der Waals surface area contributed by atoms with Crippen LogP contribution >= 0.6 is 22.6 Å². The standard InChI is InChI=1S/C15H20INO2/c1-11-8-14(18)17(10-13(11)16)9-12-4-7-15(19-12)5-2-3-6-15/h8,10,12H,2-7,9H2,1H3. The van der Waals surface area contributed by atoms with E-state index in [1.165, 1.54) is 32.1 Å². The second-order valence-electron chi connectivity index (χ2n) is 5.96. The van der Waals surface area contributed by atoms with Gasteiger partial charge in [0.2, 0.25) is 0 Å². The molecule has 0 amide bonds. The minimum atomic E-state index is 0.0916. The van der Waals surface area contributed by atoms with Crippen molar-refractivity contribution in [3.8, 4) is 0 Å². The molecule has 1 aromatic heterocycles. The monoisotopic (exact) mass is 373 g/mol. The Balaban J connectivity index is 1.73. The Hall–Kier alpha value is -0.360. The van der Waals surface area contributed by atoms with Crippen molar-refractivity contribution in [1.29, 1.82) is 0 Å². The maximum atomic E-state index is 12.0. The van der Waals surface area contributed by atoms with Gasteiger partial charge in [-0.25, -0.2) is 0 Å². The van der Waals surface area contributed by atoms with Crippen molar-refractivity contribution < 1.29 is 4.74 Å². The number of rotatable bonds is 2. The van der Waals surface area contributed by atoms with E-state index in [-0.39, 0.29) is 17.3 Å². The first-order valence-corrected chi connectivity index (χ1v) is 8.20. The third-order valence-corrected chi connectivity index (χ3v) is 5.65. The third kappa shape index (κ3) is 2.75. The summed E-state index contributed by atoms with van der Waals surface area (Å²) in [6.45, 7) is 2.68. The average Bonchev–Trinajstić information content (AvgIpc) is 2.98. The largest absolute Gasteiger partial charge is 0.370 e. The average molecular weight is 373 g/mol. The molecule has 0 radical (unpaired) electrons. The summed E-state index contributed by atoms with van der Waals surface area (Å²) < 4.78 is 9.23. The maximum absolute atomic E-state index is 12.0. The van der Waals surface area contributed by atoms with Crippen molar-refractivity contribution in [3.05, 3.63) is 31.8 Å². The van der Waals surface area contributed by atoms with E-state index >= 15 is 0 Å². The van der Waals surface area contributed by atoms with E-state index < -0.39 is 0 Å². The summed E-state index contributed by atoms with van der Waals surface area (Å²) in [4.78, 5) is 12.0. The summed E-state index contributed by atoms with van der Waals surface area (Å²) in [7, 11) is 0. The van der Waals surface area contributed by atoms with E-state index in [9.17, 15) is 4.79 Å². The molecule has 0 N–H and O–H groups in total. The SMILES string of the molecule is Cc1cc(=O)n(CC2CCC3(CCCC3)O2)cc1I. The molecule has 1 unspecified atom stereocenters. The molecule has 1 aliphatic carbocycles. The summed E-state index contributed by atoms with van der Waals surface area (Å²) in [6, 6.07) is 1.72. The number of ether oxygens (including phenoxy) is 1. The van der Waals surface area contributed by atoms with Gasteiger partial charge in [-0.3, -0.25) is 4.79 Å². The van der Waals surface area contributed by atoms with E-state index in [1.54, 1.807) is 6.07 Å². The normalized spacial score (nSPS) is 25.3. The first-order chi connectivity index (χ1) is 9.08. The first kappa shape index (κ1) is 13.6. The zero-order valence-electron chi connectivity index (χ0n) is 11.3. The molecule has 1 atom stereocenters. The Bertz CT molecular complexity index is 531. The van der Waals surface area contributed by atoms with Crippen LogP contribution in [0.5, 0.6) is 0 Å². The molecule has 2 fully saturated rings. The number of pyridine rings is 1. The van der Waals surface area contributed by atoms with Crippen LogP contribution in [-0.4, -0.2) is 16.3 Å². The Morgan fingerprint density at radius 2 is 2.16 bits per heavy atom. The van der Waals surface area contributed by atoms with Crippen molar-refractivity contribution in [3.63, 3.8) is 0 Å². The van der Waals surface area contributed by atoms with Crippen LogP contribution in [0.3, 0.4) is 0 Å². The Morgan fingerprint density at radius 3 is 2.89 bits per heavy atom. The molecule has 1 saturated heterocycles.